The number of carbonyl (C=O) groups excluding carboxylic acids is 2. The Morgan fingerprint density at radius 1 is 0.882 bits per heavy atom. The molecule has 0 radical (unpaired) electrons. The van der Waals surface area contributed by atoms with Gasteiger partial charge in [0, 0.05) is 17.5 Å². The summed E-state index contributed by atoms with van der Waals surface area (Å²) in [4.78, 5) is 30.3. The molecule has 0 atom stereocenters. The molecule has 0 aliphatic carbocycles. The third-order valence-corrected chi connectivity index (χ3v) is 5.75. The number of hydrogen-bond donors (Lipinski definition) is 2. The lowest BCUT2D eigenvalue weighted by molar-refractivity contribution is 0.101. The van der Waals surface area contributed by atoms with Crippen LogP contribution in [-0.2, 0) is 6.42 Å². The van der Waals surface area contributed by atoms with E-state index < -0.39 is 0 Å². The molecule has 3 aromatic carbocycles. The van der Waals surface area contributed by atoms with Crippen LogP contribution in [0.3, 0.4) is 0 Å². The Labute approximate surface area is 196 Å². The highest BCUT2D eigenvalue weighted by Crippen LogP contribution is 2.28. The molecule has 2 heterocycles. The molecule has 8 heteroatoms. The van der Waals surface area contributed by atoms with E-state index in [0.29, 0.717) is 23.4 Å². The lowest BCUT2D eigenvalue weighted by Crippen LogP contribution is -2.17. The van der Waals surface area contributed by atoms with Crippen LogP contribution in [-0.4, -0.2) is 33.2 Å². The fourth-order valence-electron chi connectivity index (χ4n) is 3.92. The summed E-state index contributed by atoms with van der Waals surface area (Å²) in [5, 5.41) is 10.1. The van der Waals surface area contributed by atoms with E-state index in [1.165, 1.54) is 4.68 Å². The number of aromatic nitrogens is 3. The maximum Gasteiger partial charge on any atom is 0.258 e. The standard InChI is InChI=1S/C26H23N5O3/c1-16-7-3-5-9-20(16)23(32)27-25-29-26(28-24(33)21-10-6-4-8-17(21)2)31(30-25)19-11-12-22-18(15-19)13-14-34-22/h3-12,15H,13-14H2,1-2H3,(H2,27,28,29,30,32,33). The van der Waals surface area contributed by atoms with Crippen molar-refractivity contribution in [3.05, 3.63) is 94.5 Å². The van der Waals surface area contributed by atoms with Gasteiger partial charge in [-0.3, -0.25) is 20.2 Å². The minimum absolute atomic E-state index is 0.0880. The van der Waals surface area contributed by atoms with E-state index in [2.05, 4.69) is 20.7 Å². The van der Waals surface area contributed by atoms with Crippen molar-refractivity contribution in [2.75, 3.05) is 17.2 Å². The highest BCUT2D eigenvalue weighted by atomic mass is 16.5. The second-order valence-corrected chi connectivity index (χ2v) is 8.10. The van der Waals surface area contributed by atoms with E-state index in [9.17, 15) is 9.59 Å². The molecule has 1 aromatic heterocycles. The molecule has 34 heavy (non-hydrogen) atoms. The smallest absolute Gasteiger partial charge is 0.258 e. The predicted octanol–water partition coefficient (Wildman–Crippen LogP) is 4.32. The Balaban J connectivity index is 1.50. The number of hydrogen-bond acceptors (Lipinski definition) is 5. The number of amides is 2. The summed E-state index contributed by atoms with van der Waals surface area (Å²) < 4.78 is 7.12. The molecule has 0 saturated heterocycles. The number of fused-ring (bicyclic) bond motifs is 1. The normalized spacial score (nSPS) is 12.1. The van der Waals surface area contributed by atoms with Gasteiger partial charge in [-0.1, -0.05) is 36.4 Å². The Bertz CT molecular complexity index is 1410. The summed E-state index contributed by atoms with van der Waals surface area (Å²) in [7, 11) is 0. The van der Waals surface area contributed by atoms with Crippen LogP contribution < -0.4 is 15.4 Å². The van der Waals surface area contributed by atoms with Gasteiger partial charge in [0.05, 0.1) is 12.3 Å². The van der Waals surface area contributed by atoms with Crippen LogP contribution in [0.2, 0.25) is 0 Å². The van der Waals surface area contributed by atoms with Gasteiger partial charge >= 0.3 is 0 Å². The van der Waals surface area contributed by atoms with Gasteiger partial charge in [-0.25, -0.2) is 0 Å². The summed E-state index contributed by atoms with van der Waals surface area (Å²) in [6.45, 7) is 4.36. The maximum absolute atomic E-state index is 13.0. The van der Waals surface area contributed by atoms with Crippen molar-refractivity contribution in [3.63, 3.8) is 0 Å². The fourth-order valence-corrected chi connectivity index (χ4v) is 3.92. The Morgan fingerprint density at radius 2 is 1.53 bits per heavy atom. The van der Waals surface area contributed by atoms with Crippen LogP contribution in [0.1, 0.15) is 37.4 Å². The Morgan fingerprint density at radius 3 is 2.21 bits per heavy atom. The summed E-state index contributed by atoms with van der Waals surface area (Å²) in [6, 6.07) is 20.2. The van der Waals surface area contributed by atoms with Crippen LogP contribution in [0.4, 0.5) is 11.9 Å². The lowest BCUT2D eigenvalue weighted by atomic mass is 10.1. The minimum Gasteiger partial charge on any atom is -0.493 e. The summed E-state index contributed by atoms with van der Waals surface area (Å²) in [5.74, 6) is 0.488. The molecule has 5 rings (SSSR count). The van der Waals surface area contributed by atoms with Gasteiger partial charge in [0.2, 0.25) is 5.95 Å². The number of carbonyl (C=O) groups is 2. The molecule has 2 amide bonds. The van der Waals surface area contributed by atoms with Gasteiger partial charge in [0.1, 0.15) is 5.75 Å². The van der Waals surface area contributed by atoms with Crippen molar-refractivity contribution in [1.29, 1.82) is 0 Å². The van der Waals surface area contributed by atoms with E-state index in [0.717, 1.165) is 28.9 Å². The van der Waals surface area contributed by atoms with Crippen molar-refractivity contribution >= 4 is 23.7 Å². The molecule has 2 N–H and O–H groups in total. The van der Waals surface area contributed by atoms with Gasteiger partial charge in [-0.05, 0) is 60.9 Å². The largest absolute Gasteiger partial charge is 0.493 e. The van der Waals surface area contributed by atoms with Crippen molar-refractivity contribution < 1.29 is 14.3 Å². The first kappa shape index (κ1) is 21.4. The van der Waals surface area contributed by atoms with Crippen LogP contribution in [0.5, 0.6) is 5.75 Å². The van der Waals surface area contributed by atoms with Crippen molar-refractivity contribution in [3.8, 4) is 11.4 Å². The van der Waals surface area contributed by atoms with Gasteiger partial charge in [-0.2, -0.15) is 9.67 Å². The predicted molar refractivity (Wildman–Crippen MR) is 129 cm³/mol. The molecule has 4 aromatic rings. The lowest BCUT2D eigenvalue weighted by Gasteiger charge is -2.09. The molecule has 170 valence electrons. The van der Waals surface area contributed by atoms with Crippen LogP contribution in [0, 0.1) is 13.8 Å². The van der Waals surface area contributed by atoms with E-state index in [4.69, 9.17) is 4.74 Å². The van der Waals surface area contributed by atoms with Crippen LogP contribution in [0.15, 0.2) is 66.7 Å². The molecule has 0 fully saturated rings. The Hall–Kier alpha value is -4.46. The fraction of sp³-hybridized carbons (Fsp3) is 0.154. The monoisotopic (exact) mass is 453 g/mol. The maximum atomic E-state index is 13.0. The molecular weight excluding hydrogens is 430 g/mol. The summed E-state index contributed by atoms with van der Waals surface area (Å²) >= 11 is 0. The molecule has 8 nitrogen and oxygen atoms in total. The highest BCUT2D eigenvalue weighted by molar-refractivity contribution is 6.06. The number of benzene rings is 3. The van der Waals surface area contributed by atoms with E-state index in [1.54, 1.807) is 24.3 Å². The van der Waals surface area contributed by atoms with Gasteiger partial charge < -0.3 is 4.74 Å². The third kappa shape index (κ3) is 4.13. The van der Waals surface area contributed by atoms with Crippen molar-refractivity contribution in [1.82, 2.24) is 14.8 Å². The van der Waals surface area contributed by atoms with E-state index in [-0.39, 0.29) is 23.7 Å². The zero-order chi connectivity index (χ0) is 23.7. The quantitative estimate of drug-likeness (QED) is 0.469. The Kier molecular flexibility index (Phi) is 5.55. The first-order valence-corrected chi connectivity index (χ1v) is 11.0. The zero-order valence-electron chi connectivity index (χ0n) is 18.8. The number of anilines is 2. The zero-order valence-corrected chi connectivity index (χ0v) is 18.8. The third-order valence-electron chi connectivity index (χ3n) is 5.75. The number of nitrogens with one attached hydrogen (secondary N) is 2. The molecule has 0 unspecified atom stereocenters. The number of aryl methyl sites for hydroxylation is 2. The van der Waals surface area contributed by atoms with Crippen molar-refractivity contribution in [2.45, 2.75) is 20.3 Å². The van der Waals surface area contributed by atoms with Gasteiger partial charge in [0.25, 0.3) is 17.8 Å². The van der Waals surface area contributed by atoms with E-state index >= 15 is 0 Å². The second-order valence-electron chi connectivity index (χ2n) is 8.10. The summed E-state index contributed by atoms with van der Waals surface area (Å²) in [6.07, 6.45) is 0.791. The minimum atomic E-state index is -0.325. The molecule has 1 aliphatic heterocycles. The topological polar surface area (TPSA) is 98.1 Å². The number of nitrogens with zero attached hydrogens (tertiary/aromatic N) is 3. The average molecular weight is 454 g/mol. The molecule has 0 saturated carbocycles. The van der Waals surface area contributed by atoms with Crippen LogP contribution >= 0.6 is 0 Å². The average Bonchev–Trinajstić information content (AvgIpc) is 3.45. The number of ether oxygens (including phenoxy) is 1. The molecule has 1 aliphatic rings. The van der Waals surface area contributed by atoms with Gasteiger partial charge in [-0.15, -0.1) is 5.10 Å². The SMILES string of the molecule is Cc1ccccc1C(=O)Nc1nc(NC(=O)c2ccccc2C)n(-c2ccc3c(c2)CCO3)n1. The second kappa shape index (κ2) is 8.82. The van der Waals surface area contributed by atoms with Crippen molar-refractivity contribution in [2.24, 2.45) is 0 Å². The first-order valence-electron chi connectivity index (χ1n) is 11.0. The molecule has 0 spiro atoms. The highest BCUT2D eigenvalue weighted by Gasteiger charge is 2.20. The van der Waals surface area contributed by atoms with Gasteiger partial charge in [0.15, 0.2) is 0 Å². The molecular formula is C26H23N5O3. The van der Waals surface area contributed by atoms with Crippen LogP contribution in [0.25, 0.3) is 5.69 Å². The molecule has 0 bridgehead atoms. The first-order chi connectivity index (χ1) is 16.5. The number of rotatable bonds is 5. The van der Waals surface area contributed by atoms with E-state index in [1.807, 2.05) is 56.3 Å². The summed E-state index contributed by atoms with van der Waals surface area (Å²) in [5.41, 5.74) is 4.49.